The summed E-state index contributed by atoms with van der Waals surface area (Å²) in [5, 5.41) is 11.1. The standard InChI is InChI=1S/C15H14BrNO4/c1-2-9-20-14-5-3-4-6-15(14)21-13-8-7-11(16)10-12(13)17(18)19/h3-8,10H,2,9H2,1H3. The Kier molecular flexibility index (Phi) is 5.16. The molecular weight excluding hydrogens is 338 g/mol. The molecule has 110 valence electrons. The van der Waals surface area contributed by atoms with Gasteiger partial charge >= 0.3 is 5.69 Å². The number of hydrogen-bond donors (Lipinski definition) is 0. The van der Waals surface area contributed by atoms with E-state index in [4.69, 9.17) is 9.47 Å². The van der Waals surface area contributed by atoms with Crippen LogP contribution >= 0.6 is 15.9 Å². The molecule has 0 unspecified atom stereocenters. The molecule has 2 aromatic carbocycles. The summed E-state index contributed by atoms with van der Waals surface area (Å²) in [7, 11) is 0. The summed E-state index contributed by atoms with van der Waals surface area (Å²) >= 11 is 3.21. The lowest BCUT2D eigenvalue weighted by Gasteiger charge is -2.12. The third-order valence-electron chi connectivity index (χ3n) is 2.65. The Labute approximate surface area is 130 Å². The van der Waals surface area contributed by atoms with Crippen LogP contribution in [0.3, 0.4) is 0 Å². The Morgan fingerprint density at radius 1 is 1.14 bits per heavy atom. The molecule has 0 aliphatic heterocycles. The summed E-state index contributed by atoms with van der Waals surface area (Å²) in [6.45, 7) is 2.56. The van der Waals surface area contributed by atoms with Crippen LogP contribution in [0.1, 0.15) is 13.3 Å². The second kappa shape index (κ2) is 7.08. The molecule has 0 aliphatic carbocycles. The van der Waals surface area contributed by atoms with Gasteiger partial charge in [0.15, 0.2) is 11.5 Å². The van der Waals surface area contributed by atoms with Gasteiger partial charge in [-0.1, -0.05) is 35.0 Å². The van der Waals surface area contributed by atoms with Crippen molar-refractivity contribution in [2.24, 2.45) is 0 Å². The van der Waals surface area contributed by atoms with Crippen LogP contribution in [0.25, 0.3) is 0 Å². The second-order valence-corrected chi connectivity index (χ2v) is 5.18. The van der Waals surface area contributed by atoms with E-state index in [1.807, 2.05) is 13.0 Å². The number of ether oxygens (including phenoxy) is 2. The molecule has 6 heteroatoms. The topological polar surface area (TPSA) is 61.6 Å². The lowest BCUT2D eigenvalue weighted by Crippen LogP contribution is -1.98. The number of nitro groups is 1. The Hall–Kier alpha value is -2.08. The van der Waals surface area contributed by atoms with Crippen molar-refractivity contribution in [1.82, 2.24) is 0 Å². The highest BCUT2D eigenvalue weighted by molar-refractivity contribution is 9.10. The first-order valence-corrected chi connectivity index (χ1v) is 7.24. The van der Waals surface area contributed by atoms with E-state index in [2.05, 4.69) is 15.9 Å². The normalized spacial score (nSPS) is 10.2. The minimum absolute atomic E-state index is 0.102. The van der Waals surface area contributed by atoms with E-state index >= 15 is 0 Å². The molecule has 0 saturated carbocycles. The predicted octanol–water partition coefficient (Wildman–Crippen LogP) is 4.94. The Balaban J connectivity index is 2.32. The van der Waals surface area contributed by atoms with Gasteiger partial charge in [-0.25, -0.2) is 0 Å². The fourth-order valence-corrected chi connectivity index (χ4v) is 2.05. The minimum atomic E-state index is -0.477. The summed E-state index contributed by atoms with van der Waals surface area (Å²) in [6.07, 6.45) is 0.868. The first-order chi connectivity index (χ1) is 10.1. The Morgan fingerprint density at radius 2 is 1.86 bits per heavy atom. The number of halogens is 1. The Morgan fingerprint density at radius 3 is 2.52 bits per heavy atom. The van der Waals surface area contributed by atoms with E-state index in [0.29, 0.717) is 22.6 Å². The molecule has 0 N–H and O–H groups in total. The van der Waals surface area contributed by atoms with Gasteiger partial charge in [0.2, 0.25) is 5.75 Å². The summed E-state index contributed by atoms with van der Waals surface area (Å²) in [6, 6.07) is 11.8. The fraction of sp³-hybridized carbons (Fsp3) is 0.200. The largest absolute Gasteiger partial charge is 0.490 e. The molecule has 2 aromatic rings. The zero-order chi connectivity index (χ0) is 15.2. The first-order valence-electron chi connectivity index (χ1n) is 6.45. The van der Waals surface area contributed by atoms with E-state index in [1.54, 1.807) is 30.3 Å². The summed E-state index contributed by atoms with van der Waals surface area (Å²) in [5.41, 5.74) is -0.102. The zero-order valence-corrected chi connectivity index (χ0v) is 13.0. The molecule has 0 radical (unpaired) electrons. The van der Waals surface area contributed by atoms with Gasteiger partial charge in [0, 0.05) is 10.5 Å². The van der Waals surface area contributed by atoms with Crippen molar-refractivity contribution in [2.75, 3.05) is 6.61 Å². The third kappa shape index (κ3) is 3.95. The van der Waals surface area contributed by atoms with E-state index < -0.39 is 4.92 Å². The number of para-hydroxylation sites is 2. The van der Waals surface area contributed by atoms with Crippen LogP contribution in [-0.2, 0) is 0 Å². The minimum Gasteiger partial charge on any atom is -0.490 e. The van der Waals surface area contributed by atoms with E-state index in [1.165, 1.54) is 6.07 Å². The summed E-state index contributed by atoms with van der Waals surface area (Å²) in [5.74, 6) is 1.20. The second-order valence-electron chi connectivity index (χ2n) is 4.27. The van der Waals surface area contributed by atoms with Crippen LogP contribution in [0, 0.1) is 10.1 Å². The lowest BCUT2D eigenvalue weighted by atomic mass is 10.3. The van der Waals surface area contributed by atoms with Gasteiger partial charge in [-0.2, -0.15) is 0 Å². The number of hydrogen-bond acceptors (Lipinski definition) is 4. The first kappa shape index (κ1) is 15.3. The van der Waals surface area contributed by atoms with Gasteiger partial charge in [0.1, 0.15) is 0 Å². The quantitative estimate of drug-likeness (QED) is 0.546. The number of nitro benzene ring substituents is 1. The van der Waals surface area contributed by atoms with Gasteiger partial charge in [0.25, 0.3) is 0 Å². The van der Waals surface area contributed by atoms with Gasteiger partial charge in [-0.15, -0.1) is 0 Å². The summed E-state index contributed by atoms with van der Waals surface area (Å²) < 4.78 is 11.9. The smallest absolute Gasteiger partial charge is 0.312 e. The molecule has 0 aromatic heterocycles. The average Bonchev–Trinajstić information content (AvgIpc) is 2.48. The van der Waals surface area contributed by atoms with Crippen LogP contribution in [0.2, 0.25) is 0 Å². The highest BCUT2D eigenvalue weighted by atomic mass is 79.9. The van der Waals surface area contributed by atoms with Crippen molar-refractivity contribution in [3.63, 3.8) is 0 Å². The van der Waals surface area contributed by atoms with Gasteiger partial charge in [-0.05, 0) is 30.7 Å². The average molecular weight is 352 g/mol. The molecule has 0 bridgehead atoms. The molecule has 0 fully saturated rings. The van der Waals surface area contributed by atoms with E-state index in [9.17, 15) is 10.1 Å². The van der Waals surface area contributed by atoms with E-state index in [0.717, 1.165) is 6.42 Å². The van der Waals surface area contributed by atoms with Crippen molar-refractivity contribution in [3.05, 3.63) is 57.1 Å². The molecule has 0 aliphatic rings. The molecule has 0 amide bonds. The summed E-state index contributed by atoms with van der Waals surface area (Å²) in [4.78, 5) is 10.6. The maximum Gasteiger partial charge on any atom is 0.312 e. The van der Waals surface area contributed by atoms with Crippen LogP contribution in [-0.4, -0.2) is 11.5 Å². The highest BCUT2D eigenvalue weighted by Crippen LogP contribution is 2.37. The van der Waals surface area contributed by atoms with Crippen LogP contribution in [0.5, 0.6) is 17.2 Å². The third-order valence-corrected chi connectivity index (χ3v) is 3.14. The maximum atomic E-state index is 11.1. The van der Waals surface area contributed by atoms with Gasteiger partial charge < -0.3 is 9.47 Å². The van der Waals surface area contributed by atoms with Crippen molar-refractivity contribution in [1.29, 1.82) is 0 Å². The predicted molar refractivity (Wildman–Crippen MR) is 83.1 cm³/mol. The van der Waals surface area contributed by atoms with Crippen molar-refractivity contribution in [2.45, 2.75) is 13.3 Å². The maximum absolute atomic E-state index is 11.1. The number of benzene rings is 2. The number of rotatable bonds is 6. The molecule has 0 heterocycles. The zero-order valence-electron chi connectivity index (χ0n) is 11.4. The van der Waals surface area contributed by atoms with Crippen molar-refractivity contribution < 1.29 is 14.4 Å². The molecule has 0 spiro atoms. The molecule has 0 saturated heterocycles. The molecule has 0 atom stereocenters. The molecule has 5 nitrogen and oxygen atoms in total. The molecule has 21 heavy (non-hydrogen) atoms. The molecule has 2 rings (SSSR count). The fourth-order valence-electron chi connectivity index (χ4n) is 1.70. The van der Waals surface area contributed by atoms with Gasteiger partial charge in [-0.3, -0.25) is 10.1 Å². The van der Waals surface area contributed by atoms with E-state index in [-0.39, 0.29) is 11.4 Å². The SMILES string of the molecule is CCCOc1ccccc1Oc1ccc(Br)cc1[N+](=O)[O-]. The lowest BCUT2D eigenvalue weighted by molar-refractivity contribution is -0.385. The molecular formula is C15H14BrNO4. The van der Waals surface area contributed by atoms with Crippen LogP contribution in [0.4, 0.5) is 5.69 Å². The highest BCUT2D eigenvalue weighted by Gasteiger charge is 2.17. The van der Waals surface area contributed by atoms with Crippen molar-refractivity contribution >= 4 is 21.6 Å². The number of nitrogens with zero attached hydrogens (tertiary/aromatic N) is 1. The van der Waals surface area contributed by atoms with Crippen molar-refractivity contribution in [3.8, 4) is 17.2 Å². The van der Waals surface area contributed by atoms with Crippen LogP contribution in [0.15, 0.2) is 46.9 Å². The van der Waals surface area contributed by atoms with Crippen LogP contribution < -0.4 is 9.47 Å². The monoisotopic (exact) mass is 351 g/mol. The Bertz CT molecular complexity index is 645. The van der Waals surface area contributed by atoms with Gasteiger partial charge in [0.05, 0.1) is 11.5 Å².